The molecule has 1 aromatic heterocycles. The van der Waals surface area contributed by atoms with E-state index in [1.54, 1.807) is 24.3 Å². The molecular formula is C16H18FNS. The van der Waals surface area contributed by atoms with Crippen LogP contribution in [-0.2, 0) is 0 Å². The Bertz CT molecular complexity index is 586. The number of nitrogens with one attached hydrogen (secondary N) is 1. The van der Waals surface area contributed by atoms with E-state index >= 15 is 0 Å². The summed E-state index contributed by atoms with van der Waals surface area (Å²) in [6.45, 7) is 1.79. The van der Waals surface area contributed by atoms with E-state index in [2.05, 4.69) is 17.4 Å². The van der Waals surface area contributed by atoms with Crippen molar-refractivity contribution in [2.45, 2.75) is 25.8 Å². The lowest BCUT2D eigenvalue weighted by Crippen LogP contribution is -2.16. The molecule has 1 unspecified atom stereocenters. The molecule has 19 heavy (non-hydrogen) atoms. The lowest BCUT2D eigenvalue weighted by atomic mass is 10.1. The van der Waals surface area contributed by atoms with Crippen LogP contribution in [0.4, 0.5) is 4.39 Å². The van der Waals surface area contributed by atoms with Crippen LogP contribution in [0.25, 0.3) is 10.4 Å². The normalized spacial score (nSPS) is 16.6. The molecule has 1 heterocycles. The zero-order valence-corrected chi connectivity index (χ0v) is 12.1. The number of halogens is 1. The first kappa shape index (κ1) is 12.8. The molecule has 0 spiro atoms. The number of rotatable bonds is 4. The van der Waals surface area contributed by atoms with E-state index in [0.717, 1.165) is 16.4 Å². The van der Waals surface area contributed by atoms with Crippen LogP contribution in [0.15, 0.2) is 30.3 Å². The lowest BCUT2D eigenvalue weighted by molar-refractivity contribution is 0.537. The maximum Gasteiger partial charge on any atom is 0.126 e. The van der Waals surface area contributed by atoms with Gasteiger partial charge in [0.2, 0.25) is 0 Å². The Balaban J connectivity index is 1.89. The van der Waals surface area contributed by atoms with Gasteiger partial charge < -0.3 is 5.32 Å². The van der Waals surface area contributed by atoms with Gasteiger partial charge in [0.1, 0.15) is 5.82 Å². The maximum atomic E-state index is 13.6. The minimum atomic E-state index is -0.125. The van der Waals surface area contributed by atoms with E-state index in [-0.39, 0.29) is 5.82 Å². The van der Waals surface area contributed by atoms with Crippen molar-refractivity contribution in [1.82, 2.24) is 5.32 Å². The van der Waals surface area contributed by atoms with Crippen LogP contribution in [0, 0.1) is 18.7 Å². The topological polar surface area (TPSA) is 12.0 Å². The largest absolute Gasteiger partial charge is 0.312 e. The lowest BCUT2D eigenvalue weighted by Gasteiger charge is -2.12. The third-order valence-electron chi connectivity index (χ3n) is 3.79. The second kappa shape index (κ2) is 5.06. The summed E-state index contributed by atoms with van der Waals surface area (Å²) in [6, 6.07) is 10.2. The monoisotopic (exact) mass is 275 g/mol. The summed E-state index contributed by atoms with van der Waals surface area (Å²) in [5.41, 5.74) is 1.68. The van der Waals surface area contributed by atoms with E-state index in [9.17, 15) is 4.39 Å². The SMILES string of the molecule is CNC(c1ccc(-c2ccc(C)c(F)c2)s1)C1CC1. The second-order valence-electron chi connectivity index (χ2n) is 5.27. The predicted octanol–water partition coefficient (Wildman–Crippen LogP) is 4.53. The summed E-state index contributed by atoms with van der Waals surface area (Å²) in [7, 11) is 2.02. The van der Waals surface area contributed by atoms with Gasteiger partial charge in [0.05, 0.1) is 0 Å². The number of thiophene rings is 1. The van der Waals surface area contributed by atoms with E-state index in [0.29, 0.717) is 11.6 Å². The molecule has 0 amide bonds. The smallest absolute Gasteiger partial charge is 0.126 e. The predicted molar refractivity (Wildman–Crippen MR) is 79.0 cm³/mol. The van der Waals surface area contributed by atoms with Gasteiger partial charge >= 0.3 is 0 Å². The molecule has 0 radical (unpaired) electrons. The standard InChI is InChI=1S/C16H18FNS/c1-10-3-4-12(9-13(10)17)14-7-8-15(19-14)16(18-2)11-5-6-11/h3-4,7-9,11,16,18H,5-6H2,1-2H3. The molecule has 0 saturated heterocycles. The van der Waals surface area contributed by atoms with Crippen LogP contribution in [0.2, 0.25) is 0 Å². The van der Waals surface area contributed by atoms with Crippen LogP contribution in [0.3, 0.4) is 0 Å². The van der Waals surface area contributed by atoms with Gasteiger partial charge in [-0.1, -0.05) is 12.1 Å². The highest BCUT2D eigenvalue weighted by Crippen LogP contribution is 2.44. The van der Waals surface area contributed by atoms with Crippen molar-refractivity contribution in [3.8, 4) is 10.4 Å². The van der Waals surface area contributed by atoms with Crippen LogP contribution < -0.4 is 5.32 Å². The third-order valence-corrected chi connectivity index (χ3v) is 5.01. The quantitative estimate of drug-likeness (QED) is 0.864. The molecule has 1 atom stereocenters. The van der Waals surface area contributed by atoms with Crippen molar-refractivity contribution in [2.24, 2.45) is 5.92 Å². The number of benzene rings is 1. The highest BCUT2D eigenvalue weighted by molar-refractivity contribution is 7.15. The Morgan fingerprint density at radius 2 is 2.05 bits per heavy atom. The summed E-state index contributed by atoms with van der Waals surface area (Å²) in [6.07, 6.45) is 2.63. The van der Waals surface area contributed by atoms with Gasteiger partial charge in [-0.3, -0.25) is 0 Å². The van der Waals surface area contributed by atoms with Crippen LogP contribution in [0.1, 0.15) is 29.3 Å². The van der Waals surface area contributed by atoms with Crippen molar-refractivity contribution < 1.29 is 4.39 Å². The number of aryl methyl sites for hydroxylation is 1. The Kier molecular flexibility index (Phi) is 3.42. The van der Waals surface area contributed by atoms with Crippen molar-refractivity contribution in [3.05, 3.63) is 46.6 Å². The minimum absolute atomic E-state index is 0.125. The Labute approximate surface area is 117 Å². The molecule has 1 aliphatic carbocycles. The fourth-order valence-electron chi connectivity index (χ4n) is 2.46. The van der Waals surface area contributed by atoms with E-state index in [4.69, 9.17) is 0 Å². The molecule has 2 aromatic rings. The van der Waals surface area contributed by atoms with E-state index in [1.165, 1.54) is 17.7 Å². The highest BCUT2D eigenvalue weighted by atomic mass is 32.1. The molecule has 1 N–H and O–H groups in total. The van der Waals surface area contributed by atoms with Crippen LogP contribution in [-0.4, -0.2) is 7.05 Å². The first-order valence-electron chi connectivity index (χ1n) is 6.72. The van der Waals surface area contributed by atoms with Gasteiger partial charge in [-0.15, -0.1) is 11.3 Å². The van der Waals surface area contributed by atoms with Crippen molar-refractivity contribution in [1.29, 1.82) is 0 Å². The summed E-state index contributed by atoms with van der Waals surface area (Å²) in [5.74, 6) is 0.658. The molecule has 0 bridgehead atoms. The molecular weight excluding hydrogens is 257 g/mol. The average molecular weight is 275 g/mol. The molecule has 100 valence electrons. The number of hydrogen-bond acceptors (Lipinski definition) is 2. The van der Waals surface area contributed by atoms with E-state index < -0.39 is 0 Å². The number of hydrogen-bond donors (Lipinski definition) is 1. The zero-order valence-electron chi connectivity index (χ0n) is 11.2. The first-order chi connectivity index (χ1) is 9.19. The summed E-state index contributed by atoms with van der Waals surface area (Å²) >= 11 is 1.77. The Morgan fingerprint density at radius 3 is 2.68 bits per heavy atom. The summed E-state index contributed by atoms with van der Waals surface area (Å²) < 4.78 is 13.6. The molecule has 1 fully saturated rings. The Morgan fingerprint density at radius 1 is 1.26 bits per heavy atom. The van der Waals surface area contributed by atoms with Gasteiger partial charge in [-0.25, -0.2) is 4.39 Å². The molecule has 1 saturated carbocycles. The van der Waals surface area contributed by atoms with Crippen molar-refractivity contribution in [3.63, 3.8) is 0 Å². The van der Waals surface area contributed by atoms with Gasteiger partial charge in [0, 0.05) is 15.8 Å². The second-order valence-corrected chi connectivity index (χ2v) is 6.39. The van der Waals surface area contributed by atoms with Crippen molar-refractivity contribution >= 4 is 11.3 Å². The molecule has 3 rings (SSSR count). The average Bonchev–Trinajstić information content (AvgIpc) is 3.11. The van der Waals surface area contributed by atoms with E-state index in [1.807, 2.05) is 19.2 Å². The molecule has 1 aromatic carbocycles. The zero-order chi connectivity index (χ0) is 13.4. The molecule has 1 nitrogen and oxygen atoms in total. The van der Waals surface area contributed by atoms with Gasteiger partial charge in [0.15, 0.2) is 0 Å². The minimum Gasteiger partial charge on any atom is -0.312 e. The van der Waals surface area contributed by atoms with Crippen LogP contribution in [0.5, 0.6) is 0 Å². The molecule has 0 aliphatic heterocycles. The van der Waals surface area contributed by atoms with Gasteiger partial charge in [-0.05, 0) is 62.1 Å². The van der Waals surface area contributed by atoms with Crippen LogP contribution >= 0.6 is 11.3 Å². The molecule has 1 aliphatic rings. The van der Waals surface area contributed by atoms with Crippen molar-refractivity contribution in [2.75, 3.05) is 7.05 Å². The Hall–Kier alpha value is -1.19. The van der Waals surface area contributed by atoms with Gasteiger partial charge in [0.25, 0.3) is 0 Å². The summed E-state index contributed by atoms with van der Waals surface area (Å²) in [5, 5.41) is 3.40. The maximum absolute atomic E-state index is 13.6. The highest BCUT2D eigenvalue weighted by Gasteiger charge is 2.32. The first-order valence-corrected chi connectivity index (χ1v) is 7.54. The van der Waals surface area contributed by atoms with Gasteiger partial charge in [-0.2, -0.15) is 0 Å². The molecule has 3 heteroatoms. The summed E-state index contributed by atoms with van der Waals surface area (Å²) in [4.78, 5) is 2.51. The fourth-order valence-corrected chi connectivity index (χ4v) is 3.67. The third kappa shape index (κ3) is 2.58. The fraction of sp³-hybridized carbons (Fsp3) is 0.375.